The van der Waals surface area contributed by atoms with Crippen LogP contribution in [0, 0.1) is 6.92 Å². The Morgan fingerprint density at radius 1 is 1.15 bits per heavy atom. The van der Waals surface area contributed by atoms with Gasteiger partial charge < -0.3 is 0 Å². The van der Waals surface area contributed by atoms with Crippen LogP contribution in [-0.4, -0.2) is 0 Å². The van der Waals surface area contributed by atoms with Gasteiger partial charge >= 0.3 is 0 Å². The van der Waals surface area contributed by atoms with Crippen molar-refractivity contribution in [2.24, 2.45) is 0 Å². The first-order chi connectivity index (χ1) is 6.20. The van der Waals surface area contributed by atoms with Crippen molar-refractivity contribution in [1.29, 1.82) is 0 Å². The lowest BCUT2D eigenvalue weighted by molar-refractivity contribution is 1.49. The summed E-state index contributed by atoms with van der Waals surface area (Å²) in [6, 6.07) is 10.1. The largest absolute Gasteiger partial charge is 0.0837 e. The highest BCUT2D eigenvalue weighted by molar-refractivity contribution is 9.10. The quantitative estimate of drug-likeness (QED) is 0.647. The predicted octanol–water partition coefficient (Wildman–Crippen LogP) is 4.56. The van der Waals surface area contributed by atoms with Gasteiger partial charge in [-0.05, 0) is 30.0 Å². The van der Waals surface area contributed by atoms with Crippen LogP contribution in [0.3, 0.4) is 0 Å². The lowest BCUT2D eigenvalue weighted by Gasteiger charge is -2.05. The molecule has 0 saturated carbocycles. The van der Waals surface area contributed by atoms with E-state index in [1.54, 1.807) is 0 Å². The van der Waals surface area contributed by atoms with Crippen LogP contribution in [0.15, 0.2) is 34.8 Å². The maximum atomic E-state index is 6.11. The van der Waals surface area contributed by atoms with Crippen molar-refractivity contribution in [3.05, 3.63) is 45.4 Å². The Morgan fingerprint density at radius 2 is 1.92 bits per heavy atom. The molecular formula is C11H8BrCl. The summed E-state index contributed by atoms with van der Waals surface area (Å²) in [6.45, 7) is 2.07. The van der Waals surface area contributed by atoms with Gasteiger partial charge in [-0.3, -0.25) is 0 Å². The fourth-order valence-electron chi connectivity index (χ4n) is 1.48. The highest BCUT2D eigenvalue weighted by Gasteiger charge is 2.03. The van der Waals surface area contributed by atoms with E-state index in [0.29, 0.717) is 0 Å². The molecule has 0 aliphatic rings. The highest BCUT2D eigenvalue weighted by atomic mass is 79.9. The van der Waals surface area contributed by atoms with Crippen molar-refractivity contribution in [3.8, 4) is 0 Å². The second-order valence-corrected chi connectivity index (χ2v) is 4.27. The summed E-state index contributed by atoms with van der Waals surface area (Å²) in [6.07, 6.45) is 0. The summed E-state index contributed by atoms with van der Waals surface area (Å²) in [4.78, 5) is 0. The number of benzene rings is 2. The molecule has 0 aliphatic carbocycles. The van der Waals surface area contributed by atoms with Crippen LogP contribution in [0.2, 0.25) is 5.02 Å². The van der Waals surface area contributed by atoms with Crippen molar-refractivity contribution >= 4 is 38.3 Å². The van der Waals surface area contributed by atoms with Crippen molar-refractivity contribution in [3.63, 3.8) is 0 Å². The van der Waals surface area contributed by atoms with E-state index < -0.39 is 0 Å². The Kier molecular flexibility index (Phi) is 2.31. The molecule has 2 rings (SSSR count). The Balaban J connectivity index is 2.97. The summed E-state index contributed by atoms with van der Waals surface area (Å²) >= 11 is 9.61. The Labute approximate surface area is 90.6 Å². The van der Waals surface area contributed by atoms with Gasteiger partial charge in [0.05, 0.1) is 0 Å². The van der Waals surface area contributed by atoms with E-state index in [1.807, 2.05) is 18.2 Å². The van der Waals surface area contributed by atoms with Gasteiger partial charge in [-0.25, -0.2) is 0 Å². The first kappa shape index (κ1) is 9.04. The molecule has 0 fully saturated rings. The molecule has 2 heteroatoms. The SMILES string of the molecule is Cc1c(Br)ccc2cccc(Cl)c12. The molecular weight excluding hydrogens is 247 g/mol. The second-order valence-electron chi connectivity index (χ2n) is 3.01. The van der Waals surface area contributed by atoms with Gasteiger partial charge in [0.25, 0.3) is 0 Å². The fourth-order valence-corrected chi connectivity index (χ4v) is 2.14. The number of rotatable bonds is 0. The summed E-state index contributed by atoms with van der Waals surface area (Å²) in [5, 5.41) is 3.14. The smallest absolute Gasteiger partial charge is 0.0487 e. The topological polar surface area (TPSA) is 0 Å². The maximum absolute atomic E-state index is 6.11. The van der Waals surface area contributed by atoms with Crippen LogP contribution < -0.4 is 0 Å². The summed E-state index contributed by atoms with van der Waals surface area (Å²) in [5.41, 5.74) is 1.20. The number of fused-ring (bicyclic) bond motifs is 1. The number of hydrogen-bond acceptors (Lipinski definition) is 0. The van der Waals surface area contributed by atoms with E-state index in [4.69, 9.17) is 11.6 Å². The molecule has 0 unspecified atom stereocenters. The number of aryl methyl sites for hydroxylation is 1. The first-order valence-corrected chi connectivity index (χ1v) is 5.20. The molecule has 2 aromatic carbocycles. The third kappa shape index (κ3) is 1.47. The molecule has 0 aliphatic heterocycles. The van der Waals surface area contributed by atoms with E-state index >= 15 is 0 Å². The maximum Gasteiger partial charge on any atom is 0.0487 e. The summed E-state index contributed by atoms with van der Waals surface area (Å²) in [7, 11) is 0. The monoisotopic (exact) mass is 254 g/mol. The van der Waals surface area contributed by atoms with Gasteiger partial charge in [0.2, 0.25) is 0 Å². The minimum Gasteiger partial charge on any atom is -0.0837 e. The van der Waals surface area contributed by atoms with E-state index in [9.17, 15) is 0 Å². The second kappa shape index (κ2) is 3.32. The molecule has 0 bridgehead atoms. The van der Waals surface area contributed by atoms with Crippen molar-refractivity contribution in [2.75, 3.05) is 0 Å². The summed E-state index contributed by atoms with van der Waals surface area (Å²) in [5.74, 6) is 0. The Hall–Kier alpha value is -0.530. The van der Waals surface area contributed by atoms with E-state index in [2.05, 4.69) is 35.0 Å². The minimum absolute atomic E-state index is 0.816. The molecule has 0 nitrogen and oxygen atoms in total. The standard InChI is InChI=1S/C11H8BrCl/c1-7-9(12)6-5-8-3-2-4-10(13)11(7)8/h2-6H,1H3. The molecule has 0 heterocycles. The average molecular weight is 256 g/mol. The first-order valence-electron chi connectivity index (χ1n) is 4.03. The van der Waals surface area contributed by atoms with Crippen LogP contribution in [0.5, 0.6) is 0 Å². The van der Waals surface area contributed by atoms with Crippen molar-refractivity contribution < 1.29 is 0 Å². The Morgan fingerprint density at radius 3 is 2.69 bits per heavy atom. The van der Waals surface area contributed by atoms with Crippen LogP contribution in [0.1, 0.15) is 5.56 Å². The van der Waals surface area contributed by atoms with Crippen LogP contribution in [-0.2, 0) is 0 Å². The lowest BCUT2D eigenvalue weighted by atomic mass is 10.1. The predicted molar refractivity (Wildman–Crippen MR) is 61.4 cm³/mol. The zero-order chi connectivity index (χ0) is 9.42. The normalized spacial score (nSPS) is 10.7. The molecule has 66 valence electrons. The molecule has 0 amide bonds. The average Bonchev–Trinajstić information content (AvgIpc) is 2.12. The minimum atomic E-state index is 0.816. The van der Waals surface area contributed by atoms with Crippen molar-refractivity contribution in [2.45, 2.75) is 6.92 Å². The zero-order valence-corrected chi connectivity index (χ0v) is 9.48. The van der Waals surface area contributed by atoms with E-state index in [0.717, 1.165) is 14.9 Å². The van der Waals surface area contributed by atoms with Gasteiger partial charge in [0, 0.05) is 14.9 Å². The molecule has 0 spiro atoms. The molecule has 0 N–H and O–H groups in total. The highest BCUT2D eigenvalue weighted by Crippen LogP contribution is 2.30. The molecule has 0 saturated heterocycles. The fraction of sp³-hybridized carbons (Fsp3) is 0.0909. The van der Waals surface area contributed by atoms with Crippen LogP contribution in [0.4, 0.5) is 0 Å². The van der Waals surface area contributed by atoms with Gasteiger partial charge in [0.15, 0.2) is 0 Å². The van der Waals surface area contributed by atoms with E-state index in [1.165, 1.54) is 10.9 Å². The van der Waals surface area contributed by atoms with Gasteiger partial charge in [0.1, 0.15) is 0 Å². The van der Waals surface area contributed by atoms with Crippen LogP contribution >= 0.6 is 27.5 Å². The van der Waals surface area contributed by atoms with Gasteiger partial charge in [-0.2, -0.15) is 0 Å². The third-order valence-corrected chi connectivity index (χ3v) is 3.36. The molecule has 2 aromatic rings. The molecule has 0 radical (unpaired) electrons. The molecule has 13 heavy (non-hydrogen) atoms. The van der Waals surface area contributed by atoms with Crippen LogP contribution in [0.25, 0.3) is 10.8 Å². The van der Waals surface area contributed by atoms with E-state index in [-0.39, 0.29) is 0 Å². The van der Waals surface area contributed by atoms with Crippen molar-refractivity contribution in [1.82, 2.24) is 0 Å². The number of hydrogen-bond donors (Lipinski definition) is 0. The molecule has 0 atom stereocenters. The Bertz CT molecular complexity index is 463. The summed E-state index contributed by atoms with van der Waals surface area (Å²) < 4.78 is 1.10. The third-order valence-electron chi connectivity index (χ3n) is 2.19. The number of halogens is 2. The molecule has 0 aromatic heterocycles. The van der Waals surface area contributed by atoms with Gasteiger partial charge in [-0.15, -0.1) is 0 Å². The lowest BCUT2D eigenvalue weighted by Crippen LogP contribution is -1.81. The van der Waals surface area contributed by atoms with Gasteiger partial charge in [-0.1, -0.05) is 45.7 Å². The zero-order valence-electron chi connectivity index (χ0n) is 7.14.